The average Bonchev–Trinajstić information content (AvgIpc) is 3.63. The smallest absolute Gasteiger partial charge is 0.410 e. The molecule has 5 rings (SSSR count). The van der Waals surface area contributed by atoms with Crippen molar-refractivity contribution in [3.05, 3.63) is 60.2 Å². The standard InChI is InChI=1S/C31H35N3O8S/c1-31(2,3)41-30(35)34-15-14-19(18-34)21-10-7-8-11-22(21)20-16-25(40-6)27-26(17-20)42-32-29(27)33-43(36,37)28-23(38-4)12-9-13-24(28)39-5/h7-13,16-17,19H,14-15,18H2,1-6H3,(H,32,33). The number of aromatic nitrogens is 1. The van der Waals surface area contributed by atoms with Crippen molar-refractivity contribution in [1.29, 1.82) is 0 Å². The molecule has 1 N–H and O–H groups in total. The van der Waals surface area contributed by atoms with Crippen molar-refractivity contribution in [3.63, 3.8) is 0 Å². The van der Waals surface area contributed by atoms with E-state index in [1.54, 1.807) is 17.0 Å². The molecule has 0 spiro atoms. The summed E-state index contributed by atoms with van der Waals surface area (Å²) in [7, 11) is 0.0397. The summed E-state index contributed by atoms with van der Waals surface area (Å²) in [6, 6.07) is 16.3. The Balaban J connectivity index is 1.49. The number of benzene rings is 3. The van der Waals surface area contributed by atoms with Crippen molar-refractivity contribution < 1.29 is 36.7 Å². The lowest BCUT2D eigenvalue weighted by Crippen LogP contribution is -2.35. The zero-order chi connectivity index (χ0) is 30.9. The highest BCUT2D eigenvalue weighted by atomic mass is 32.2. The number of hydrogen-bond donors (Lipinski definition) is 1. The fourth-order valence-corrected chi connectivity index (χ4v) is 6.63. The highest BCUT2D eigenvalue weighted by molar-refractivity contribution is 7.93. The van der Waals surface area contributed by atoms with Crippen molar-refractivity contribution in [2.45, 2.75) is 43.6 Å². The molecule has 0 radical (unpaired) electrons. The number of carbonyl (C=O) groups excluding carboxylic acids is 1. The van der Waals surface area contributed by atoms with Crippen LogP contribution in [-0.2, 0) is 14.8 Å². The Hall–Kier alpha value is -4.45. The van der Waals surface area contributed by atoms with Crippen LogP contribution >= 0.6 is 0 Å². The minimum absolute atomic E-state index is 0.0385. The van der Waals surface area contributed by atoms with Gasteiger partial charge in [0.25, 0.3) is 10.0 Å². The van der Waals surface area contributed by atoms with E-state index in [4.69, 9.17) is 23.5 Å². The van der Waals surface area contributed by atoms with Crippen LogP contribution in [0.15, 0.2) is 64.0 Å². The molecule has 0 saturated carbocycles. The van der Waals surface area contributed by atoms with Crippen LogP contribution in [0.3, 0.4) is 0 Å². The number of nitrogens with one attached hydrogen (secondary N) is 1. The minimum Gasteiger partial charge on any atom is -0.496 e. The topological polar surface area (TPSA) is 129 Å². The van der Waals surface area contributed by atoms with Crippen LogP contribution in [0, 0.1) is 0 Å². The van der Waals surface area contributed by atoms with Gasteiger partial charge in [-0.1, -0.05) is 35.5 Å². The van der Waals surface area contributed by atoms with E-state index in [1.165, 1.54) is 33.5 Å². The number of ether oxygens (including phenoxy) is 4. The second-order valence-corrected chi connectivity index (χ2v) is 12.8. The predicted octanol–water partition coefficient (Wildman–Crippen LogP) is 6.05. The van der Waals surface area contributed by atoms with Crippen LogP contribution in [0.25, 0.3) is 22.1 Å². The van der Waals surface area contributed by atoms with Crippen molar-refractivity contribution in [2.75, 3.05) is 39.1 Å². The van der Waals surface area contributed by atoms with Gasteiger partial charge in [-0.15, -0.1) is 0 Å². The number of hydrogen-bond acceptors (Lipinski definition) is 9. The molecule has 1 fully saturated rings. The Morgan fingerprint density at radius 1 is 0.977 bits per heavy atom. The molecule has 1 saturated heterocycles. The average molecular weight is 610 g/mol. The summed E-state index contributed by atoms with van der Waals surface area (Å²) in [4.78, 5) is 14.3. The van der Waals surface area contributed by atoms with Gasteiger partial charge >= 0.3 is 6.09 Å². The summed E-state index contributed by atoms with van der Waals surface area (Å²) in [6.45, 7) is 6.69. The van der Waals surface area contributed by atoms with Crippen LogP contribution < -0.4 is 18.9 Å². The second-order valence-electron chi connectivity index (χ2n) is 11.2. The van der Waals surface area contributed by atoms with Gasteiger partial charge in [0.05, 0.1) is 21.3 Å². The molecule has 1 atom stereocenters. The zero-order valence-electron chi connectivity index (χ0n) is 25.0. The maximum Gasteiger partial charge on any atom is 0.410 e. The van der Waals surface area contributed by atoms with Gasteiger partial charge in [0.2, 0.25) is 0 Å². The maximum absolute atomic E-state index is 13.5. The van der Waals surface area contributed by atoms with E-state index in [-0.39, 0.29) is 34.2 Å². The third-order valence-corrected chi connectivity index (χ3v) is 8.59. The molecule has 1 aromatic heterocycles. The SMILES string of the molecule is COc1cccc(OC)c1S(=O)(=O)Nc1noc2cc(-c3ccccc3C3CCN(C(=O)OC(C)(C)C)C3)cc(OC)c12. The number of anilines is 1. The molecule has 3 aromatic carbocycles. The minimum atomic E-state index is -4.21. The van der Waals surface area contributed by atoms with Crippen LogP contribution in [0.1, 0.15) is 38.7 Å². The lowest BCUT2D eigenvalue weighted by molar-refractivity contribution is 0.0292. The van der Waals surface area contributed by atoms with Crippen LogP contribution in [0.5, 0.6) is 17.2 Å². The van der Waals surface area contributed by atoms with Gasteiger partial charge in [-0.3, -0.25) is 4.72 Å². The molecule has 228 valence electrons. The van der Waals surface area contributed by atoms with E-state index in [0.29, 0.717) is 29.8 Å². The molecule has 1 aliphatic rings. The van der Waals surface area contributed by atoms with E-state index in [0.717, 1.165) is 23.1 Å². The monoisotopic (exact) mass is 609 g/mol. The van der Waals surface area contributed by atoms with Crippen LogP contribution in [0.2, 0.25) is 0 Å². The molecule has 12 heteroatoms. The number of amides is 1. The predicted molar refractivity (Wildman–Crippen MR) is 162 cm³/mol. The van der Waals surface area contributed by atoms with Crippen molar-refractivity contribution in [3.8, 4) is 28.4 Å². The first-order valence-electron chi connectivity index (χ1n) is 13.7. The lowest BCUT2D eigenvalue weighted by Gasteiger charge is -2.24. The van der Waals surface area contributed by atoms with Gasteiger partial charge in [-0.2, -0.15) is 0 Å². The van der Waals surface area contributed by atoms with E-state index in [2.05, 4.69) is 15.9 Å². The quantitative estimate of drug-likeness (QED) is 0.254. The number of rotatable bonds is 8. The van der Waals surface area contributed by atoms with Crippen LogP contribution in [0.4, 0.5) is 10.6 Å². The van der Waals surface area contributed by atoms with Crippen molar-refractivity contribution in [2.24, 2.45) is 0 Å². The molecule has 0 bridgehead atoms. The van der Waals surface area contributed by atoms with Crippen LogP contribution in [-0.4, -0.2) is 64.6 Å². The number of likely N-dealkylation sites (tertiary alicyclic amines) is 1. The Kier molecular flexibility index (Phi) is 8.15. The molecule has 1 unspecified atom stereocenters. The summed E-state index contributed by atoms with van der Waals surface area (Å²) < 4.78 is 57.0. The van der Waals surface area contributed by atoms with E-state index >= 15 is 0 Å². The number of fused-ring (bicyclic) bond motifs is 1. The van der Waals surface area contributed by atoms with Gasteiger partial charge in [-0.05, 0) is 68.1 Å². The Bertz CT molecular complexity index is 1740. The Morgan fingerprint density at radius 3 is 2.30 bits per heavy atom. The summed E-state index contributed by atoms with van der Waals surface area (Å²) in [5.41, 5.74) is 2.57. The Labute approximate surface area is 250 Å². The first-order chi connectivity index (χ1) is 20.5. The Morgan fingerprint density at radius 2 is 1.65 bits per heavy atom. The van der Waals surface area contributed by atoms with Gasteiger partial charge in [0.1, 0.15) is 28.2 Å². The lowest BCUT2D eigenvalue weighted by atomic mass is 9.89. The molecule has 11 nitrogen and oxygen atoms in total. The number of methoxy groups -OCH3 is 3. The van der Waals surface area contributed by atoms with Crippen molar-refractivity contribution >= 4 is 32.9 Å². The first-order valence-corrected chi connectivity index (χ1v) is 15.2. The molecule has 2 heterocycles. The molecule has 0 aliphatic carbocycles. The second kappa shape index (κ2) is 11.7. The molecule has 43 heavy (non-hydrogen) atoms. The highest BCUT2D eigenvalue weighted by Gasteiger charge is 2.32. The fraction of sp³-hybridized carbons (Fsp3) is 0.355. The van der Waals surface area contributed by atoms with Crippen molar-refractivity contribution in [1.82, 2.24) is 10.1 Å². The van der Waals surface area contributed by atoms with Gasteiger partial charge in [0.15, 0.2) is 16.3 Å². The van der Waals surface area contributed by atoms with Gasteiger partial charge in [-0.25, -0.2) is 13.2 Å². The summed E-state index contributed by atoms with van der Waals surface area (Å²) >= 11 is 0. The van der Waals surface area contributed by atoms with E-state index in [9.17, 15) is 13.2 Å². The maximum atomic E-state index is 13.5. The third kappa shape index (κ3) is 6.05. The third-order valence-electron chi connectivity index (χ3n) is 7.19. The molecule has 1 amide bonds. The van der Waals surface area contributed by atoms with E-state index in [1.807, 2.05) is 45.0 Å². The molecular weight excluding hydrogens is 574 g/mol. The summed E-state index contributed by atoms with van der Waals surface area (Å²) in [5.74, 6) is 0.655. The molecule has 4 aromatic rings. The highest BCUT2D eigenvalue weighted by Crippen LogP contribution is 2.42. The van der Waals surface area contributed by atoms with Gasteiger partial charge < -0.3 is 28.4 Å². The summed E-state index contributed by atoms with van der Waals surface area (Å²) in [5, 5.41) is 4.39. The van der Waals surface area contributed by atoms with E-state index < -0.39 is 15.6 Å². The zero-order valence-corrected chi connectivity index (χ0v) is 25.8. The molecule has 1 aliphatic heterocycles. The fourth-order valence-electron chi connectivity index (χ4n) is 5.30. The number of sulfonamides is 1. The normalized spacial score (nSPS) is 15.4. The first kappa shape index (κ1) is 30.0. The largest absolute Gasteiger partial charge is 0.496 e. The summed E-state index contributed by atoms with van der Waals surface area (Å²) in [6.07, 6.45) is 0.467. The van der Waals surface area contributed by atoms with Gasteiger partial charge in [0, 0.05) is 19.0 Å². The number of nitrogens with zero attached hydrogens (tertiary/aromatic N) is 2. The molecular formula is C31H35N3O8S. The number of carbonyl (C=O) groups is 1.